The van der Waals surface area contributed by atoms with Gasteiger partial charge in [0.05, 0.1) is 0 Å². The molecule has 1 N–H and O–H groups in total. The summed E-state index contributed by atoms with van der Waals surface area (Å²) in [4.78, 5) is 11.9. The van der Waals surface area contributed by atoms with Crippen LogP contribution in [0.3, 0.4) is 0 Å². The predicted molar refractivity (Wildman–Crippen MR) is 71.3 cm³/mol. The van der Waals surface area contributed by atoms with Crippen molar-refractivity contribution in [2.24, 2.45) is 0 Å². The number of morpholine rings is 1. The van der Waals surface area contributed by atoms with Gasteiger partial charge in [-0.2, -0.15) is 0 Å². The summed E-state index contributed by atoms with van der Waals surface area (Å²) in [6.45, 7) is 4.53. The van der Waals surface area contributed by atoms with E-state index < -0.39 is 5.54 Å². The van der Waals surface area contributed by atoms with Gasteiger partial charge in [-0.25, -0.2) is 0 Å². The summed E-state index contributed by atoms with van der Waals surface area (Å²) in [6.07, 6.45) is 2.44. The summed E-state index contributed by atoms with van der Waals surface area (Å²) in [6, 6.07) is 10.5. The van der Waals surface area contributed by atoms with Crippen LogP contribution in [-0.2, 0) is 16.0 Å². The van der Waals surface area contributed by atoms with Gasteiger partial charge >= 0.3 is 5.97 Å². The fraction of sp³-hybridized carbons (Fsp3) is 0.533. The quantitative estimate of drug-likeness (QED) is 0.830. The monoisotopic (exact) mass is 247 g/mol. The van der Waals surface area contributed by atoms with E-state index in [4.69, 9.17) is 4.74 Å². The molecule has 0 saturated carbocycles. The van der Waals surface area contributed by atoms with Crippen molar-refractivity contribution in [3.63, 3.8) is 0 Å². The number of ether oxygens (including phenoxy) is 1. The number of carbonyl (C=O) groups excluding carboxylic acids is 1. The minimum absolute atomic E-state index is 0.100. The molecule has 1 aliphatic rings. The number of nitrogens with one attached hydrogen (secondary N) is 1. The van der Waals surface area contributed by atoms with Gasteiger partial charge in [0.25, 0.3) is 0 Å². The Morgan fingerprint density at radius 1 is 1.28 bits per heavy atom. The zero-order valence-electron chi connectivity index (χ0n) is 11.1. The molecule has 0 aliphatic carbocycles. The maximum Gasteiger partial charge on any atom is 0.326 e. The number of carbonyl (C=O) groups is 1. The van der Waals surface area contributed by atoms with Gasteiger partial charge in [-0.05, 0) is 24.8 Å². The summed E-state index contributed by atoms with van der Waals surface area (Å²) in [5, 5.41) is 3.49. The van der Waals surface area contributed by atoms with E-state index in [2.05, 4.69) is 17.4 Å². The molecule has 98 valence electrons. The Balaban J connectivity index is 2.06. The van der Waals surface area contributed by atoms with E-state index in [-0.39, 0.29) is 12.0 Å². The lowest BCUT2D eigenvalue weighted by atomic mass is 9.89. The van der Waals surface area contributed by atoms with Crippen LogP contribution in [0.5, 0.6) is 0 Å². The Bertz CT molecular complexity index is 398. The van der Waals surface area contributed by atoms with Gasteiger partial charge in [0.15, 0.2) is 0 Å². The second-order valence-electron chi connectivity index (χ2n) is 4.92. The van der Waals surface area contributed by atoms with Crippen molar-refractivity contribution in [2.45, 2.75) is 44.7 Å². The van der Waals surface area contributed by atoms with Crippen LogP contribution in [0.2, 0.25) is 0 Å². The van der Waals surface area contributed by atoms with Crippen LogP contribution in [0.4, 0.5) is 0 Å². The van der Waals surface area contributed by atoms with Crippen molar-refractivity contribution >= 4 is 5.97 Å². The highest BCUT2D eigenvalue weighted by molar-refractivity contribution is 5.81. The summed E-state index contributed by atoms with van der Waals surface area (Å²) >= 11 is 0. The number of cyclic esters (lactones) is 1. The molecule has 3 heteroatoms. The first-order chi connectivity index (χ1) is 8.70. The Kier molecular flexibility index (Phi) is 4.02. The fourth-order valence-electron chi connectivity index (χ4n) is 2.56. The van der Waals surface area contributed by atoms with Crippen molar-refractivity contribution in [1.82, 2.24) is 5.32 Å². The molecule has 2 rings (SSSR count). The number of hydrogen-bond donors (Lipinski definition) is 1. The van der Waals surface area contributed by atoms with Crippen LogP contribution in [0.25, 0.3) is 0 Å². The van der Waals surface area contributed by atoms with E-state index in [1.54, 1.807) is 0 Å². The van der Waals surface area contributed by atoms with Crippen LogP contribution in [0.1, 0.15) is 32.3 Å². The molecule has 1 atom stereocenters. The van der Waals surface area contributed by atoms with Gasteiger partial charge in [0, 0.05) is 6.04 Å². The second kappa shape index (κ2) is 5.53. The Labute approximate surface area is 109 Å². The first-order valence-electron chi connectivity index (χ1n) is 6.69. The van der Waals surface area contributed by atoms with Crippen molar-refractivity contribution in [3.8, 4) is 0 Å². The molecule has 1 aromatic rings. The second-order valence-corrected chi connectivity index (χ2v) is 4.92. The van der Waals surface area contributed by atoms with E-state index in [0.717, 1.165) is 19.3 Å². The van der Waals surface area contributed by atoms with Crippen molar-refractivity contribution in [3.05, 3.63) is 35.9 Å². The highest BCUT2D eigenvalue weighted by Gasteiger charge is 2.41. The van der Waals surface area contributed by atoms with Crippen molar-refractivity contribution < 1.29 is 9.53 Å². The molecule has 1 aliphatic heterocycles. The summed E-state index contributed by atoms with van der Waals surface area (Å²) in [7, 11) is 0. The van der Waals surface area contributed by atoms with Gasteiger partial charge in [-0.3, -0.25) is 10.1 Å². The molecule has 3 nitrogen and oxygen atoms in total. The minimum atomic E-state index is -0.488. The van der Waals surface area contributed by atoms with Gasteiger partial charge < -0.3 is 4.74 Å². The molecule has 1 heterocycles. The highest BCUT2D eigenvalue weighted by atomic mass is 16.5. The normalized spacial score (nSPS) is 22.6. The van der Waals surface area contributed by atoms with Crippen molar-refractivity contribution in [1.29, 1.82) is 0 Å². The van der Waals surface area contributed by atoms with E-state index in [0.29, 0.717) is 6.61 Å². The molecule has 0 amide bonds. The molecular weight excluding hydrogens is 226 g/mol. The number of hydrogen-bond acceptors (Lipinski definition) is 3. The lowest BCUT2D eigenvalue weighted by Crippen LogP contribution is -2.62. The van der Waals surface area contributed by atoms with Crippen LogP contribution in [-0.4, -0.2) is 24.2 Å². The highest BCUT2D eigenvalue weighted by Crippen LogP contribution is 2.23. The maximum atomic E-state index is 11.9. The molecule has 0 radical (unpaired) electrons. The standard InChI is InChI=1S/C15H21NO2/c1-3-15(4-2)14(17)18-11-13(16-15)10-12-8-6-5-7-9-12/h5-9,13,16H,3-4,10-11H2,1-2H3/t13-/m0/s1. The third kappa shape index (κ3) is 2.56. The van der Waals surface area contributed by atoms with Gasteiger partial charge in [-0.15, -0.1) is 0 Å². The van der Waals surface area contributed by atoms with Crippen molar-refractivity contribution in [2.75, 3.05) is 6.61 Å². The first-order valence-corrected chi connectivity index (χ1v) is 6.69. The molecule has 0 spiro atoms. The van der Waals surface area contributed by atoms with Crippen LogP contribution < -0.4 is 5.32 Å². The molecule has 0 aromatic heterocycles. The molecule has 1 fully saturated rings. The van der Waals surface area contributed by atoms with Gasteiger partial charge in [0.1, 0.15) is 12.1 Å². The average molecular weight is 247 g/mol. The van der Waals surface area contributed by atoms with Crippen LogP contribution in [0, 0.1) is 0 Å². The summed E-state index contributed by atoms with van der Waals surface area (Å²) in [5.74, 6) is -0.100. The number of esters is 1. The molecule has 1 aromatic carbocycles. The zero-order chi connectivity index (χ0) is 13.0. The fourth-order valence-corrected chi connectivity index (χ4v) is 2.56. The SMILES string of the molecule is CCC1(CC)N[C@@H](Cc2ccccc2)COC1=O. The lowest BCUT2D eigenvalue weighted by molar-refractivity contribution is -0.159. The van der Waals surface area contributed by atoms with E-state index in [1.807, 2.05) is 32.0 Å². The Hall–Kier alpha value is -1.35. The van der Waals surface area contributed by atoms with Crippen LogP contribution in [0.15, 0.2) is 30.3 Å². The molecule has 1 saturated heterocycles. The van der Waals surface area contributed by atoms with Gasteiger partial charge in [0.2, 0.25) is 0 Å². The van der Waals surface area contributed by atoms with E-state index >= 15 is 0 Å². The summed E-state index contributed by atoms with van der Waals surface area (Å²) in [5.41, 5.74) is 0.784. The Morgan fingerprint density at radius 3 is 2.56 bits per heavy atom. The predicted octanol–water partition coefficient (Wildman–Crippen LogP) is 2.30. The van der Waals surface area contributed by atoms with E-state index in [9.17, 15) is 4.79 Å². The van der Waals surface area contributed by atoms with E-state index in [1.165, 1.54) is 5.56 Å². The maximum absolute atomic E-state index is 11.9. The smallest absolute Gasteiger partial charge is 0.326 e. The largest absolute Gasteiger partial charge is 0.463 e. The number of benzene rings is 1. The summed E-state index contributed by atoms with van der Waals surface area (Å²) < 4.78 is 5.36. The minimum Gasteiger partial charge on any atom is -0.463 e. The molecule has 0 bridgehead atoms. The zero-order valence-corrected chi connectivity index (χ0v) is 11.1. The lowest BCUT2D eigenvalue weighted by Gasteiger charge is -2.39. The number of rotatable bonds is 4. The molecule has 18 heavy (non-hydrogen) atoms. The average Bonchev–Trinajstić information content (AvgIpc) is 2.42. The third-order valence-corrected chi connectivity index (χ3v) is 3.82. The topological polar surface area (TPSA) is 38.3 Å². The molecule has 0 unspecified atom stereocenters. The van der Waals surface area contributed by atoms with Gasteiger partial charge in [-0.1, -0.05) is 44.2 Å². The third-order valence-electron chi connectivity index (χ3n) is 3.82. The first kappa shape index (κ1) is 13.1. The Morgan fingerprint density at radius 2 is 1.94 bits per heavy atom. The molecular formula is C15H21NO2. The van der Waals surface area contributed by atoms with Crippen LogP contribution >= 0.6 is 0 Å².